The molecule has 6 N–H and O–H groups in total. The maximum absolute atomic E-state index is 5.92. The number of anilines is 1. The van der Waals surface area contributed by atoms with Crippen LogP contribution in [0, 0.1) is 6.92 Å². The van der Waals surface area contributed by atoms with E-state index >= 15 is 0 Å². The highest BCUT2D eigenvalue weighted by molar-refractivity contribution is 5.37. The van der Waals surface area contributed by atoms with Gasteiger partial charge in [-0.1, -0.05) is 0 Å². The molecule has 0 amide bonds. The molecule has 2 aromatic rings. The number of hydrogen-bond acceptors (Lipinski definition) is 8. The number of nitrogens with zero attached hydrogens (tertiary/aromatic N) is 3. The molecule has 0 aliphatic rings. The Bertz CT molecular complexity index is 702. The van der Waals surface area contributed by atoms with Gasteiger partial charge in [-0.25, -0.2) is 15.8 Å². The maximum Gasteiger partial charge on any atom is 0.132 e. The summed E-state index contributed by atoms with van der Waals surface area (Å²) in [4.78, 5) is 8.20. The highest BCUT2D eigenvalue weighted by Crippen LogP contribution is 2.17. The van der Waals surface area contributed by atoms with Crippen LogP contribution in [-0.2, 0) is 6.54 Å². The monoisotopic (exact) mass is 330 g/mol. The van der Waals surface area contributed by atoms with E-state index in [1.54, 1.807) is 38.6 Å². The summed E-state index contributed by atoms with van der Waals surface area (Å²) in [5.74, 6) is 8.38. The molecule has 24 heavy (non-hydrogen) atoms. The van der Waals surface area contributed by atoms with Gasteiger partial charge >= 0.3 is 0 Å². The van der Waals surface area contributed by atoms with Crippen LogP contribution in [0.1, 0.15) is 11.4 Å². The fourth-order valence-corrected chi connectivity index (χ4v) is 1.97. The van der Waals surface area contributed by atoms with Crippen molar-refractivity contribution >= 4 is 5.82 Å². The van der Waals surface area contributed by atoms with Crippen LogP contribution in [0.25, 0.3) is 0 Å². The topological polar surface area (TPSA) is 126 Å². The second kappa shape index (κ2) is 8.02. The van der Waals surface area contributed by atoms with E-state index in [9.17, 15) is 0 Å². The van der Waals surface area contributed by atoms with Gasteiger partial charge in [0.25, 0.3) is 0 Å². The fraction of sp³-hybridized carbons (Fsp3) is 0.250. The Labute approximate surface area is 140 Å². The predicted octanol–water partition coefficient (Wildman–Crippen LogP) is 0.931. The molecule has 0 atom stereocenters. The summed E-state index contributed by atoms with van der Waals surface area (Å²) in [6.45, 7) is 2.32. The van der Waals surface area contributed by atoms with Crippen LogP contribution in [0.2, 0.25) is 0 Å². The Morgan fingerprint density at radius 2 is 1.92 bits per heavy atom. The van der Waals surface area contributed by atoms with Crippen molar-refractivity contribution in [1.82, 2.24) is 15.0 Å². The van der Waals surface area contributed by atoms with Crippen LogP contribution < -0.4 is 26.8 Å². The van der Waals surface area contributed by atoms with Gasteiger partial charge in [0, 0.05) is 18.0 Å². The number of hydrogen-bond donors (Lipinski definition) is 3. The van der Waals surface area contributed by atoms with Crippen molar-refractivity contribution in [3.63, 3.8) is 0 Å². The number of hydrazine groups is 1. The Balaban J connectivity index is 1.89. The molecule has 0 bridgehead atoms. The first-order chi connectivity index (χ1) is 11.5. The molecular formula is C16H22N6O2. The van der Waals surface area contributed by atoms with Crippen molar-refractivity contribution in [2.45, 2.75) is 13.5 Å². The Kier molecular flexibility index (Phi) is 5.80. The summed E-state index contributed by atoms with van der Waals surface area (Å²) < 4.78 is 10.7. The normalized spacial score (nSPS) is 11.2. The summed E-state index contributed by atoms with van der Waals surface area (Å²) in [7, 11) is 1.61. The molecule has 1 heterocycles. The van der Waals surface area contributed by atoms with Gasteiger partial charge in [-0.05, 0) is 31.2 Å². The minimum atomic E-state index is 0.208. The molecule has 0 unspecified atom stereocenters. The van der Waals surface area contributed by atoms with Crippen LogP contribution >= 0.6 is 0 Å². The van der Waals surface area contributed by atoms with E-state index in [2.05, 4.69) is 9.97 Å². The fourth-order valence-electron chi connectivity index (χ4n) is 1.97. The van der Waals surface area contributed by atoms with Crippen molar-refractivity contribution in [3.05, 3.63) is 53.7 Å². The molecule has 8 heteroatoms. The SMILES string of the molecule is COc1ccc(OC/C(N)=C/N(N)Cc2cnc(C)nc2N)cc1. The minimum absolute atomic E-state index is 0.208. The lowest BCUT2D eigenvalue weighted by molar-refractivity contribution is 0.334. The van der Waals surface area contributed by atoms with Gasteiger partial charge in [0.15, 0.2) is 0 Å². The van der Waals surface area contributed by atoms with Crippen molar-refractivity contribution in [3.8, 4) is 11.5 Å². The molecule has 128 valence electrons. The first kappa shape index (κ1) is 17.4. The summed E-state index contributed by atoms with van der Waals surface area (Å²) >= 11 is 0. The lowest BCUT2D eigenvalue weighted by atomic mass is 10.3. The molecule has 2 rings (SSSR count). The summed E-state index contributed by atoms with van der Waals surface area (Å²) in [6.07, 6.45) is 3.23. The van der Waals surface area contributed by atoms with E-state index in [1.807, 2.05) is 12.1 Å². The van der Waals surface area contributed by atoms with E-state index in [-0.39, 0.29) is 6.61 Å². The summed E-state index contributed by atoms with van der Waals surface area (Å²) in [5.41, 5.74) is 13.0. The zero-order valence-electron chi connectivity index (χ0n) is 13.8. The van der Waals surface area contributed by atoms with Gasteiger partial charge in [0.1, 0.15) is 29.7 Å². The standard InChI is InChI=1S/C16H22N6O2/c1-11-20-7-12(16(18)21-11)8-22(19)9-13(17)10-24-15-5-3-14(23-2)4-6-15/h3-7,9H,8,10,17,19H2,1-2H3,(H2,18,20,21)/b13-9-. The summed E-state index contributed by atoms with van der Waals surface area (Å²) in [6, 6.07) is 7.22. The molecule has 0 fully saturated rings. The highest BCUT2D eigenvalue weighted by atomic mass is 16.5. The summed E-state index contributed by atoms with van der Waals surface area (Å²) in [5, 5.41) is 1.41. The van der Waals surface area contributed by atoms with E-state index in [1.165, 1.54) is 5.01 Å². The van der Waals surface area contributed by atoms with Gasteiger partial charge in [0.05, 0.1) is 19.4 Å². The maximum atomic E-state index is 5.92. The highest BCUT2D eigenvalue weighted by Gasteiger charge is 2.05. The zero-order valence-corrected chi connectivity index (χ0v) is 13.8. The Morgan fingerprint density at radius 3 is 2.54 bits per heavy atom. The number of ether oxygens (including phenoxy) is 2. The van der Waals surface area contributed by atoms with Crippen molar-refractivity contribution in [2.24, 2.45) is 11.6 Å². The zero-order chi connectivity index (χ0) is 17.5. The van der Waals surface area contributed by atoms with Crippen molar-refractivity contribution in [1.29, 1.82) is 0 Å². The van der Waals surface area contributed by atoms with Gasteiger partial charge < -0.3 is 25.9 Å². The van der Waals surface area contributed by atoms with Gasteiger partial charge in [0.2, 0.25) is 0 Å². The van der Waals surface area contributed by atoms with Crippen LogP contribution in [0.4, 0.5) is 5.82 Å². The van der Waals surface area contributed by atoms with Crippen molar-refractivity contribution in [2.75, 3.05) is 19.5 Å². The molecule has 0 saturated heterocycles. The van der Waals surface area contributed by atoms with Gasteiger partial charge in [-0.15, -0.1) is 0 Å². The third kappa shape index (κ3) is 5.03. The molecule has 0 aliphatic carbocycles. The van der Waals surface area contributed by atoms with E-state index in [0.717, 1.165) is 11.3 Å². The van der Waals surface area contributed by atoms with Crippen LogP contribution in [0.15, 0.2) is 42.4 Å². The molecule has 1 aromatic heterocycles. The molecular weight excluding hydrogens is 308 g/mol. The van der Waals surface area contributed by atoms with Crippen molar-refractivity contribution < 1.29 is 9.47 Å². The smallest absolute Gasteiger partial charge is 0.132 e. The molecule has 8 nitrogen and oxygen atoms in total. The lowest BCUT2D eigenvalue weighted by Gasteiger charge is -2.16. The van der Waals surface area contributed by atoms with Gasteiger partial charge in [-0.3, -0.25) is 0 Å². The Hall–Kier alpha value is -3.00. The number of benzene rings is 1. The van der Waals surface area contributed by atoms with Gasteiger partial charge in [-0.2, -0.15) is 0 Å². The third-order valence-corrected chi connectivity index (χ3v) is 3.17. The minimum Gasteiger partial charge on any atom is -0.497 e. The molecule has 0 aliphatic heterocycles. The van der Waals surface area contributed by atoms with Crippen LogP contribution in [-0.4, -0.2) is 28.7 Å². The second-order valence-corrected chi connectivity index (χ2v) is 5.17. The lowest BCUT2D eigenvalue weighted by Crippen LogP contribution is -2.27. The average Bonchev–Trinajstić information content (AvgIpc) is 2.56. The first-order valence-electron chi connectivity index (χ1n) is 7.30. The number of aryl methyl sites for hydroxylation is 1. The third-order valence-electron chi connectivity index (χ3n) is 3.17. The van der Waals surface area contributed by atoms with Crippen LogP contribution in [0.3, 0.4) is 0 Å². The molecule has 0 saturated carbocycles. The second-order valence-electron chi connectivity index (χ2n) is 5.17. The Morgan fingerprint density at radius 1 is 1.25 bits per heavy atom. The molecule has 1 aromatic carbocycles. The number of methoxy groups -OCH3 is 1. The number of nitrogen functional groups attached to an aromatic ring is 1. The predicted molar refractivity (Wildman–Crippen MR) is 91.7 cm³/mol. The number of nitrogens with two attached hydrogens (primary N) is 3. The largest absolute Gasteiger partial charge is 0.497 e. The average molecular weight is 330 g/mol. The van der Waals surface area contributed by atoms with E-state index < -0.39 is 0 Å². The first-order valence-corrected chi connectivity index (χ1v) is 7.30. The van der Waals surface area contributed by atoms with E-state index in [0.29, 0.717) is 29.6 Å². The molecule has 0 spiro atoms. The molecule has 0 radical (unpaired) electrons. The number of rotatable bonds is 7. The quantitative estimate of drug-likeness (QED) is 0.505. The van der Waals surface area contributed by atoms with E-state index in [4.69, 9.17) is 26.8 Å². The number of aromatic nitrogens is 2. The van der Waals surface area contributed by atoms with Crippen LogP contribution in [0.5, 0.6) is 11.5 Å².